The fourth-order valence-corrected chi connectivity index (χ4v) is 6.01. The third-order valence-corrected chi connectivity index (χ3v) is 7.86. The number of alkyl carbamates (subject to hydrolysis) is 1. The van der Waals surface area contributed by atoms with Crippen molar-refractivity contribution < 1.29 is 24.2 Å². The Morgan fingerprint density at radius 3 is 2.26 bits per heavy atom. The quantitative estimate of drug-likeness (QED) is 0.579. The molecule has 2 aromatic carbocycles. The minimum absolute atomic E-state index is 0.0137. The van der Waals surface area contributed by atoms with Gasteiger partial charge < -0.3 is 20.5 Å². The SMILES string of the molecule is CC[C@H](NC(=O)OCC1c2ccccc2-c2ccccc21)C(=O)NC1CC2CC(C(=O)O)CC21. The number of amides is 2. The number of hydrogen-bond donors (Lipinski definition) is 3. The Hall–Kier alpha value is -3.35. The Labute approximate surface area is 198 Å². The number of ether oxygens (including phenoxy) is 1. The maximum Gasteiger partial charge on any atom is 0.407 e. The van der Waals surface area contributed by atoms with E-state index in [0.29, 0.717) is 25.2 Å². The third kappa shape index (κ3) is 4.04. The van der Waals surface area contributed by atoms with E-state index in [1.165, 1.54) is 0 Å². The molecule has 0 aromatic heterocycles. The van der Waals surface area contributed by atoms with Crippen molar-refractivity contribution in [1.29, 1.82) is 0 Å². The van der Waals surface area contributed by atoms with Crippen LogP contribution in [0.15, 0.2) is 48.5 Å². The number of carboxylic acid groups (broad SMARTS) is 1. The van der Waals surface area contributed by atoms with Gasteiger partial charge in [-0.25, -0.2) is 4.79 Å². The van der Waals surface area contributed by atoms with Gasteiger partial charge >= 0.3 is 12.1 Å². The highest BCUT2D eigenvalue weighted by Gasteiger charge is 2.50. The maximum absolute atomic E-state index is 12.8. The monoisotopic (exact) mass is 462 g/mol. The molecule has 3 N–H and O–H groups in total. The van der Waals surface area contributed by atoms with E-state index < -0.39 is 18.1 Å². The molecular formula is C27H30N2O5. The lowest BCUT2D eigenvalue weighted by Gasteiger charge is -2.41. The van der Waals surface area contributed by atoms with E-state index in [1.54, 1.807) is 0 Å². The predicted octanol–water partition coefficient (Wildman–Crippen LogP) is 3.92. The van der Waals surface area contributed by atoms with Crippen molar-refractivity contribution >= 4 is 18.0 Å². The second kappa shape index (κ2) is 9.12. The molecule has 0 spiro atoms. The average molecular weight is 463 g/mol. The van der Waals surface area contributed by atoms with E-state index in [9.17, 15) is 19.5 Å². The Bertz CT molecular complexity index is 1070. The van der Waals surface area contributed by atoms with Crippen LogP contribution in [0.25, 0.3) is 11.1 Å². The zero-order valence-corrected chi connectivity index (χ0v) is 19.2. The van der Waals surface area contributed by atoms with Crippen LogP contribution in [-0.4, -0.2) is 41.8 Å². The summed E-state index contributed by atoms with van der Waals surface area (Å²) in [7, 11) is 0. The first kappa shape index (κ1) is 22.4. The van der Waals surface area contributed by atoms with Crippen molar-refractivity contribution in [3.05, 3.63) is 59.7 Å². The summed E-state index contributed by atoms with van der Waals surface area (Å²) in [5.41, 5.74) is 4.59. The van der Waals surface area contributed by atoms with Gasteiger partial charge in [0, 0.05) is 12.0 Å². The van der Waals surface area contributed by atoms with Gasteiger partial charge in [0.05, 0.1) is 5.92 Å². The lowest BCUT2D eigenvalue weighted by molar-refractivity contribution is -0.141. The van der Waals surface area contributed by atoms with Crippen molar-refractivity contribution in [1.82, 2.24) is 10.6 Å². The molecule has 2 amide bonds. The summed E-state index contributed by atoms with van der Waals surface area (Å²) in [6, 6.07) is 15.6. The first-order chi connectivity index (χ1) is 16.5. The molecular weight excluding hydrogens is 432 g/mol. The highest BCUT2D eigenvalue weighted by molar-refractivity contribution is 5.86. The topological polar surface area (TPSA) is 105 Å². The summed E-state index contributed by atoms with van der Waals surface area (Å²) < 4.78 is 5.58. The molecule has 3 aliphatic carbocycles. The summed E-state index contributed by atoms with van der Waals surface area (Å²) in [5, 5.41) is 15.0. The average Bonchev–Trinajstić information content (AvgIpc) is 3.34. The van der Waals surface area contributed by atoms with Crippen LogP contribution in [0.5, 0.6) is 0 Å². The zero-order chi connectivity index (χ0) is 23.8. The number of benzene rings is 2. The minimum atomic E-state index is -0.747. The van der Waals surface area contributed by atoms with E-state index in [2.05, 4.69) is 34.9 Å². The Morgan fingerprint density at radius 2 is 1.65 bits per heavy atom. The molecule has 0 radical (unpaired) electrons. The Morgan fingerprint density at radius 1 is 1.00 bits per heavy atom. The second-order valence-corrected chi connectivity index (χ2v) is 9.71. The largest absolute Gasteiger partial charge is 0.481 e. The van der Waals surface area contributed by atoms with Crippen LogP contribution >= 0.6 is 0 Å². The van der Waals surface area contributed by atoms with Gasteiger partial charge in [0.25, 0.3) is 0 Å². The third-order valence-electron chi connectivity index (χ3n) is 7.86. The summed E-state index contributed by atoms with van der Waals surface area (Å²) >= 11 is 0. The van der Waals surface area contributed by atoms with Crippen LogP contribution in [-0.2, 0) is 14.3 Å². The molecule has 4 unspecified atom stereocenters. The molecule has 5 rings (SSSR count). The van der Waals surface area contributed by atoms with Crippen LogP contribution in [0, 0.1) is 17.8 Å². The highest BCUT2D eigenvalue weighted by atomic mass is 16.5. The number of nitrogens with one attached hydrogen (secondary N) is 2. The van der Waals surface area contributed by atoms with Crippen LogP contribution < -0.4 is 10.6 Å². The minimum Gasteiger partial charge on any atom is -0.481 e. The van der Waals surface area contributed by atoms with E-state index in [-0.39, 0.29) is 36.3 Å². The molecule has 7 nitrogen and oxygen atoms in total. The van der Waals surface area contributed by atoms with Crippen molar-refractivity contribution in [2.24, 2.45) is 17.8 Å². The first-order valence-corrected chi connectivity index (χ1v) is 12.1. The van der Waals surface area contributed by atoms with Crippen LogP contribution in [0.1, 0.15) is 49.7 Å². The molecule has 3 aliphatic rings. The van der Waals surface area contributed by atoms with Crippen LogP contribution in [0.4, 0.5) is 4.79 Å². The summed E-state index contributed by atoms with van der Waals surface area (Å²) in [4.78, 5) is 36.7. The summed E-state index contributed by atoms with van der Waals surface area (Å²) in [6.45, 7) is 2.04. The molecule has 0 aliphatic heterocycles. The van der Waals surface area contributed by atoms with Crippen molar-refractivity contribution in [2.45, 2.75) is 50.6 Å². The van der Waals surface area contributed by atoms with Gasteiger partial charge in [-0.2, -0.15) is 0 Å². The summed E-state index contributed by atoms with van der Waals surface area (Å²) in [6.07, 6.45) is 1.95. The number of carbonyl (C=O) groups is 3. The van der Waals surface area contributed by atoms with Gasteiger partial charge in [-0.3, -0.25) is 9.59 Å². The van der Waals surface area contributed by atoms with Gasteiger partial charge in [-0.05, 0) is 59.8 Å². The van der Waals surface area contributed by atoms with E-state index in [4.69, 9.17) is 4.74 Å². The van der Waals surface area contributed by atoms with E-state index >= 15 is 0 Å². The Kier molecular flexibility index (Phi) is 6.02. The molecule has 7 heteroatoms. The number of rotatable bonds is 7. The number of fused-ring (bicyclic) bond motifs is 4. The van der Waals surface area contributed by atoms with E-state index in [1.807, 2.05) is 31.2 Å². The second-order valence-electron chi connectivity index (χ2n) is 9.71. The van der Waals surface area contributed by atoms with Crippen LogP contribution in [0.3, 0.4) is 0 Å². The normalized spacial score (nSPS) is 25.3. The highest BCUT2D eigenvalue weighted by Crippen LogP contribution is 2.49. The fourth-order valence-electron chi connectivity index (χ4n) is 6.01. The number of carbonyl (C=O) groups excluding carboxylic acids is 2. The molecule has 2 saturated carbocycles. The molecule has 5 atom stereocenters. The van der Waals surface area contributed by atoms with Gasteiger partial charge in [0.1, 0.15) is 12.6 Å². The van der Waals surface area contributed by atoms with Gasteiger partial charge in [-0.1, -0.05) is 55.5 Å². The predicted molar refractivity (Wildman–Crippen MR) is 126 cm³/mol. The fraction of sp³-hybridized carbons (Fsp3) is 0.444. The number of carboxylic acids is 1. The molecule has 178 valence electrons. The lowest BCUT2D eigenvalue weighted by Crippen LogP contribution is -2.55. The van der Waals surface area contributed by atoms with Crippen LogP contribution in [0.2, 0.25) is 0 Å². The first-order valence-electron chi connectivity index (χ1n) is 12.1. The van der Waals surface area contributed by atoms with Crippen molar-refractivity contribution in [3.8, 4) is 11.1 Å². The van der Waals surface area contributed by atoms with E-state index in [0.717, 1.165) is 28.7 Å². The van der Waals surface area contributed by atoms with Gasteiger partial charge in [0.15, 0.2) is 0 Å². The van der Waals surface area contributed by atoms with Crippen molar-refractivity contribution in [2.75, 3.05) is 6.61 Å². The van der Waals surface area contributed by atoms with Gasteiger partial charge in [-0.15, -0.1) is 0 Å². The molecule has 0 saturated heterocycles. The maximum atomic E-state index is 12.8. The molecule has 0 bridgehead atoms. The molecule has 0 heterocycles. The molecule has 2 fully saturated rings. The number of aliphatic carboxylic acids is 1. The lowest BCUT2D eigenvalue weighted by atomic mass is 9.71. The Balaban J connectivity index is 1.15. The number of hydrogen-bond acceptors (Lipinski definition) is 4. The van der Waals surface area contributed by atoms with Gasteiger partial charge in [0.2, 0.25) is 5.91 Å². The molecule has 2 aromatic rings. The zero-order valence-electron chi connectivity index (χ0n) is 19.2. The van der Waals surface area contributed by atoms with Crippen molar-refractivity contribution in [3.63, 3.8) is 0 Å². The smallest absolute Gasteiger partial charge is 0.407 e. The molecule has 34 heavy (non-hydrogen) atoms. The standard InChI is InChI=1S/C27H30N2O5/c1-2-23(25(30)28-24-13-15-11-16(26(31)32)12-21(15)24)29-27(33)34-14-22-19-9-5-3-7-17(19)18-8-4-6-10-20(18)22/h3-10,15-16,21-24H,2,11-14H2,1H3,(H,28,30)(H,29,33)(H,31,32)/t15?,16?,21?,23-,24?/m0/s1. The summed E-state index contributed by atoms with van der Waals surface area (Å²) in [5.74, 6) is -0.735.